The fourth-order valence-corrected chi connectivity index (χ4v) is 4.42. The normalized spacial score (nSPS) is 13.5. The van der Waals surface area contributed by atoms with Crippen molar-refractivity contribution < 1.29 is 9.53 Å². The number of nitrogens with one attached hydrogen (secondary N) is 1. The first-order chi connectivity index (χ1) is 17.8. The van der Waals surface area contributed by atoms with Crippen LogP contribution in [0.15, 0.2) is 54.9 Å². The molecule has 1 amide bonds. The molecule has 192 valence electrons. The molecule has 1 aliphatic carbocycles. The highest BCUT2D eigenvalue weighted by molar-refractivity contribution is 5.95. The Morgan fingerprint density at radius 1 is 1.08 bits per heavy atom. The number of hydrogen-bond donors (Lipinski definition) is 2. The molecule has 0 saturated heterocycles. The van der Waals surface area contributed by atoms with E-state index in [1.165, 1.54) is 0 Å². The van der Waals surface area contributed by atoms with E-state index < -0.39 is 0 Å². The van der Waals surface area contributed by atoms with Crippen LogP contribution in [0.5, 0.6) is 5.75 Å². The summed E-state index contributed by atoms with van der Waals surface area (Å²) in [7, 11) is 0. The first-order valence-electron chi connectivity index (χ1n) is 13.1. The molecule has 1 saturated carbocycles. The van der Waals surface area contributed by atoms with Crippen LogP contribution >= 0.6 is 0 Å². The molecule has 1 fully saturated rings. The van der Waals surface area contributed by atoms with E-state index in [2.05, 4.69) is 43.5 Å². The van der Waals surface area contributed by atoms with Gasteiger partial charge in [-0.1, -0.05) is 33.8 Å². The molecule has 0 aliphatic heterocycles. The van der Waals surface area contributed by atoms with E-state index in [-0.39, 0.29) is 5.91 Å². The van der Waals surface area contributed by atoms with Crippen molar-refractivity contribution >= 4 is 17.4 Å². The lowest BCUT2D eigenvalue weighted by atomic mass is 9.98. The molecule has 0 unspecified atom stereocenters. The van der Waals surface area contributed by atoms with E-state index in [9.17, 15) is 4.79 Å². The Morgan fingerprint density at radius 3 is 2.46 bits per heavy atom. The van der Waals surface area contributed by atoms with Gasteiger partial charge in [0, 0.05) is 29.4 Å². The van der Waals surface area contributed by atoms with Crippen molar-refractivity contribution in [3.63, 3.8) is 0 Å². The van der Waals surface area contributed by atoms with Crippen LogP contribution in [-0.2, 0) is 0 Å². The maximum Gasteiger partial charge on any atom is 0.248 e. The third kappa shape index (κ3) is 5.45. The Bertz CT molecular complexity index is 1420. The van der Waals surface area contributed by atoms with Crippen LogP contribution in [0.1, 0.15) is 62.4 Å². The summed E-state index contributed by atoms with van der Waals surface area (Å²) in [5.74, 6) is 2.55. The monoisotopic (exact) mass is 497 g/mol. The van der Waals surface area contributed by atoms with Gasteiger partial charge in [-0.3, -0.25) is 9.20 Å². The van der Waals surface area contributed by atoms with Crippen molar-refractivity contribution in [3.05, 3.63) is 66.0 Å². The number of rotatable bonds is 10. The van der Waals surface area contributed by atoms with E-state index in [0.29, 0.717) is 29.9 Å². The molecule has 4 aromatic rings. The number of anilines is 1. The van der Waals surface area contributed by atoms with Gasteiger partial charge in [0.15, 0.2) is 11.5 Å². The molecular weight excluding hydrogens is 462 g/mol. The molecule has 5 rings (SSSR count). The van der Waals surface area contributed by atoms with Gasteiger partial charge in [0.2, 0.25) is 5.91 Å². The number of aromatic nitrogens is 3. The van der Waals surface area contributed by atoms with Gasteiger partial charge in [-0.05, 0) is 72.6 Å². The highest BCUT2D eigenvalue weighted by atomic mass is 16.5. The summed E-state index contributed by atoms with van der Waals surface area (Å²) in [5, 5.41) is 3.49. The fraction of sp³-hybridized carbons (Fsp3) is 0.367. The Hall–Kier alpha value is -3.87. The van der Waals surface area contributed by atoms with Crippen LogP contribution in [0.4, 0.5) is 5.82 Å². The molecular formula is C30H35N5O2. The van der Waals surface area contributed by atoms with E-state index in [0.717, 1.165) is 64.7 Å². The number of imidazole rings is 1. The minimum Gasteiger partial charge on any atom is -0.493 e. The number of primary amides is 1. The number of fused-ring (bicyclic) bond motifs is 1. The molecule has 2 heterocycles. The number of amides is 1. The summed E-state index contributed by atoms with van der Waals surface area (Å²) >= 11 is 0. The summed E-state index contributed by atoms with van der Waals surface area (Å²) in [6.45, 7) is 10.1. The molecule has 0 radical (unpaired) electrons. The molecule has 37 heavy (non-hydrogen) atoms. The van der Waals surface area contributed by atoms with Crippen LogP contribution in [0.2, 0.25) is 0 Å². The van der Waals surface area contributed by atoms with Crippen LogP contribution in [0, 0.1) is 11.8 Å². The standard InChI is InChI=1S/C30H35N5O2/c1-18(2)14-32-29-30-33-15-27(22-9-12-24(28(31)36)25(13-22)20-5-6-20)35(30)16-26(34-29)21-7-10-23(11-8-21)37-17-19(3)4/h7-13,15-16,18-20H,5-6,14,17H2,1-4H3,(H2,31,36)(H,32,34). The molecule has 2 aromatic carbocycles. The quantitative estimate of drug-likeness (QED) is 0.274. The highest BCUT2D eigenvalue weighted by Gasteiger charge is 2.28. The minimum absolute atomic E-state index is 0.376. The first kappa shape index (κ1) is 24.8. The third-order valence-corrected chi connectivity index (χ3v) is 6.53. The second-order valence-corrected chi connectivity index (χ2v) is 10.8. The second-order valence-electron chi connectivity index (χ2n) is 10.8. The highest BCUT2D eigenvalue weighted by Crippen LogP contribution is 2.43. The van der Waals surface area contributed by atoms with Gasteiger partial charge in [-0.15, -0.1) is 0 Å². The van der Waals surface area contributed by atoms with Gasteiger partial charge < -0.3 is 15.8 Å². The van der Waals surface area contributed by atoms with Gasteiger partial charge in [0.25, 0.3) is 0 Å². The molecule has 0 spiro atoms. The number of hydrogen-bond acceptors (Lipinski definition) is 5. The van der Waals surface area contributed by atoms with Crippen LogP contribution in [0.25, 0.3) is 28.2 Å². The molecule has 7 nitrogen and oxygen atoms in total. The topological polar surface area (TPSA) is 94.5 Å². The number of nitrogens with zero attached hydrogens (tertiary/aromatic N) is 3. The van der Waals surface area contributed by atoms with E-state index >= 15 is 0 Å². The predicted molar refractivity (Wildman–Crippen MR) is 148 cm³/mol. The number of ether oxygens (including phenoxy) is 1. The zero-order valence-electron chi connectivity index (χ0n) is 22.0. The molecule has 0 bridgehead atoms. The van der Waals surface area contributed by atoms with Gasteiger partial charge in [0.1, 0.15) is 5.75 Å². The average molecular weight is 498 g/mol. The second kappa shape index (κ2) is 10.2. The Kier molecular flexibility index (Phi) is 6.87. The zero-order chi connectivity index (χ0) is 26.1. The van der Waals surface area contributed by atoms with Gasteiger partial charge >= 0.3 is 0 Å². The Labute approximate surface area is 218 Å². The molecule has 7 heteroatoms. The lowest BCUT2D eigenvalue weighted by Gasteiger charge is -2.14. The zero-order valence-corrected chi connectivity index (χ0v) is 22.0. The predicted octanol–water partition coefficient (Wildman–Crippen LogP) is 6.14. The Morgan fingerprint density at radius 2 is 1.81 bits per heavy atom. The summed E-state index contributed by atoms with van der Waals surface area (Å²) in [6.07, 6.45) is 6.08. The van der Waals surface area contributed by atoms with E-state index in [1.807, 2.05) is 48.8 Å². The van der Waals surface area contributed by atoms with Crippen LogP contribution < -0.4 is 15.8 Å². The maximum atomic E-state index is 12.0. The van der Waals surface area contributed by atoms with Crippen LogP contribution in [-0.4, -0.2) is 33.4 Å². The minimum atomic E-state index is -0.376. The summed E-state index contributed by atoms with van der Waals surface area (Å²) in [4.78, 5) is 21.7. The smallest absolute Gasteiger partial charge is 0.248 e. The van der Waals surface area contributed by atoms with Crippen molar-refractivity contribution in [1.29, 1.82) is 0 Å². The number of carbonyl (C=O) groups is 1. The first-order valence-corrected chi connectivity index (χ1v) is 13.1. The summed E-state index contributed by atoms with van der Waals surface area (Å²) < 4.78 is 7.95. The van der Waals surface area contributed by atoms with Crippen molar-refractivity contribution in [3.8, 4) is 28.3 Å². The maximum absolute atomic E-state index is 12.0. The van der Waals surface area contributed by atoms with Crippen molar-refractivity contribution in [2.45, 2.75) is 46.5 Å². The molecule has 1 aliphatic rings. The lowest BCUT2D eigenvalue weighted by molar-refractivity contribution is 0.0999. The van der Waals surface area contributed by atoms with Crippen molar-refractivity contribution in [2.75, 3.05) is 18.5 Å². The fourth-order valence-electron chi connectivity index (χ4n) is 4.42. The number of nitrogens with two attached hydrogens (primary N) is 1. The van der Waals surface area contributed by atoms with E-state index in [4.69, 9.17) is 20.4 Å². The molecule has 3 N–H and O–H groups in total. The van der Waals surface area contributed by atoms with Crippen molar-refractivity contribution in [1.82, 2.24) is 14.4 Å². The number of carbonyl (C=O) groups excluding carboxylic acids is 1. The summed E-state index contributed by atoms with van der Waals surface area (Å²) in [6, 6.07) is 14.0. The summed E-state index contributed by atoms with van der Waals surface area (Å²) in [5.41, 5.74) is 11.9. The van der Waals surface area contributed by atoms with Gasteiger partial charge in [-0.25, -0.2) is 9.97 Å². The van der Waals surface area contributed by atoms with Crippen molar-refractivity contribution in [2.24, 2.45) is 17.6 Å². The van der Waals surface area contributed by atoms with Gasteiger partial charge in [-0.2, -0.15) is 0 Å². The average Bonchev–Trinajstić information content (AvgIpc) is 3.64. The molecule has 0 atom stereocenters. The lowest BCUT2D eigenvalue weighted by Crippen LogP contribution is -2.13. The molecule has 2 aromatic heterocycles. The SMILES string of the molecule is CC(C)CNc1nc(-c2ccc(OCC(C)C)cc2)cn2c(-c3ccc(C(N)=O)c(C4CC4)c3)cnc12. The van der Waals surface area contributed by atoms with Crippen LogP contribution in [0.3, 0.4) is 0 Å². The largest absolute Gasteiger partial charge is 0.493 e. The number of benzene rings is 2. The van der Waals surface area contributed by atoms with E-state index in [1.54, 1.807) is 0 Å². The Balaban J connectivity index is 1.58. The van der Waals surface area contributed by atoms with Gasteiger partial charge in [0.05, 0.1) is 24.2 Å². The third-order valence-electron chi connectivity index (χ3n) is 6.53.